The SMILES string of the molecule is Cc1ccc(C(=O)N(CC2CCCCC2)c2ccc(F)[c]([Ti]([C]3=CC=CC3)([C]3=CC=CC3)[c]3c(F)ccc(N(CC4CCCCC4)C(=O)c4ccc(C)cc4)c3F)c2F)cc1. The number of benzene rings is 4. The normalized spacial score (nSPS) is 17.1. The van der Waals surface area contributed by atoms with E-state index >= 15 is 17.6 Å². The van der Waals surface area contributed by atoms with Gasteiger partial charge in [-0.15, -0.1) is 0 Å². The van der Waals surface area contributed by atoms with Crippen molar-refractivity contribution in [1.82, 2.24) is 0 Å². The van der Waals surface area contributed by atoms with Gasteiger partial charge in [0.15, 0.2) is 0 Å². The Morgan fingerprint density at radius 1 is 0.541 bits per heavy atom. The first-order chi connectivity index (χ1) is 29.6. The Hall–Kier alpha value is -4.79. The molecule has 0 spiro atoms. The fourth-order valence-electron chi connectivity index (χ4n) is 10.2. The van der Waals surface area contributed by atoms with Crippen LogP contribution in [0.3, 0.4) is 0 Å². The predicted molar refractivity (Wildman–Crippen MR) is 235 cm³/mol. The summed E-state index contributed by atoms with van der Waals surface area (Å²) in [6.45, 7) is 4.29. The van der Waals surface area contributed by atoms with Crippen LogP contribution in [0, 0.1) is 49.0 Å². The fourth-order valence-corrected chi connectivity index (χ4v) is 18.4. The Morgan fingerprint density at radius 2 is 0.918 bits per heavy atom. The van der Waals surface area contributed by atoms with Gasteiger partial charge in [-0.25, -0.2) is 0 Å². The molecule has 0 radical (unpaired) electrons. The third-order valence-corrected chi connectivity index (χ3v) is 21.3. The van der Waals surface area contributed by atoms with Crippen LogP contribution < -0.4 is 17.5 Å². The summed E-state index contributed by atoms with van der Waals surface area (Å²) in [6.07, 6.45) is 20.9. The van der Waals surface area contributed by atoms with Crippen molar-refractivity contribution in [3.63, 3.8) is 0 Å². The molecule has 316 valence electrons. The molecule has 4 nitrogen and oxygen atoms in total. The van der Waals surface area contributed by atoms with Gasteiger partial charge in [0, 0.05) is 0 Å². The molecule has 61 heavy (non-hydrogen) atoms. The molecule has 4 aliphatic rings. The van der Waals surface area contributed by atoms with Gasteiger partial charge < -0.3 is 0 Å². The van der Waals surface area contributed by atoms with Gasteiger partial charge in [0.05, 0.1) is 0 Å². The monoisotopic (exact) mass is 862 g/mol. The first-order valence-corrected chi connectivity index (χ1v) is 25.2. The molecule has 0 heterocycles. The van der Waals surface area contributed by atoms with E-state index < -0.39 is 51.7 Å². The Kier molecular flexibility index (Phi) is 13.1. The van der Waals surface area contributed by atoms with Crippen LogP contribution in [0.4, 0.5) is 28.9 Å². The quantitative estimate of drug-likeness (QED) is 0.105. The predicted octanol–water partition coefficient (Wildman–Crippen LogP) is 12.1. The molecule has 4 aliphatic carbocycles. The molecule has 4 aromatic carbocycles. The van der Waals surface area contributed by atoms with Crippen molar-refractivity contribution in [3.8, 4) is 0 Å². The molecule has 8 rings (SSSR count). The molecule has 2 fully saturated rings. The molecule has 0 aliphatic heterocycles. The second-order valence-electron chi connectivity index (χ2n) is 17.5. The zero-order valence-corrected chi connectivity index (χ0v) is 36.7. The van der Waals surface area contributed by atoms with Crippen molar-refractivity contribution in [2.75, 3.05) is 22.9 Å². The minimum atomic E-state index is -5.38. The molecule has 2 saturated carbocycles. The van der Waals surface area contributed by atoms with E-state index in [1.807, 2.05) is 50.3 Å². The summed E-state index contributed by atoms with van der Waals surface area (Å²) in [6, 6.07) is 19.2. The topological polar surface area (TPSA) is 40.6 Å². The van der Waals surface area contributed by atoms with E-state index in [1.54, 1.807) is 48.6 Å². The van der Waals surface area contributed by atoms with Gasteiger partial charge in [-0.2, -0.15) is 0 Å². The van der Waals surface area contributed by atoms with Crippen molar-refractivity contribution in [2.45, 2.75) is 90.9 Å². The van der Waals surface area contributed by atoms with E-state index in [-0.39, 0.29) is 56.9 Å². The van der Waals surface area contributed by atoms with Crippen LogP contribution in [0.15, 0.2) is 117 Å². The third-order valence-electron chi connectivity index (χ3n) is 13.4. The number of amides is 2. The maximum absolute atomic E-state index is 18.4. The Bertz CT molecular complexity index is 2240. The van der Waals surface area contributed by atoms with Crippen molar-refractivity contribution in [1.29, 1.82) is 0 Å². The first kappa shape index (κ1) is 42.9. The van der Waals surface area contributed by atoms with Crippen molar-refractivity contribution in [2.24, 2.45) is 11.8 Å². The van der Waals surface area contributed by atoms with Gasteiger partial charge in [0.1, 0.15) is 0 Å². The number of nitrogens with zero attached hydrogens (tertiary/aromatic N) is 2. The van der Waals surface area contributed by atoms with Gasteiger partial charge in [0.25, 0.3) is 0 Å². The first-order valence-electron chi connectivity index (χ1n) is 22.0. The third kappa shape index (κ3) is 8.55. The number of allylic oxidation sites excluding steroid dienone is 8. The summed E-state index contributed by atoms with van der Waals surface area (Å²) in [4.78, 5) is 32.0. The molecular weight excluding hydrogens is 808 g/mol. The number of rotatable bonds is 12. The van der Waals surface area contributed by atoms with Gasteiger partial charge in [-0.05, 0) is 0 Å². The summed E-state index contributed by atoms with van der Waals surface area (Å²) in [5.74, 6) is -4.43. The number of hydrogen-bond acceptors (Lipinski definition) is 2. The summed E-state index contributed by atoms with van der Waals surface area (Å²) >= 11 is -5.38. The molecule has 0 bridgehead atoms. The summed E-state index contributed by atoms with van der Waals surface area (Å²) in [5, 5.41) is 0. The molecule has 0 N–H and O–H groups in total. The number of hydrogen-bond donors (Lipinski definition) is 0. The second-order valence-corrected chi connectivity index (χ2v) is 23.4. The average molecular weight is 863 g/mol. The van der Waals surface area contributed by atoms with Crippen LogP contribution >= 0.6 is 0 Å². The van der Waals surface area contributed by atoms with E-state index in [2.05, 4.69) is 0 Å². The van der Waals surface area contributed by atoms with Crippen LogP contribution in [0.2, 0.25) is 0 Å². The number of aryl methyl sites for hydroxylation is 2. The van der Waals surface area contributed by atoms with Crippen LogP contribution in [0.25, 0.3) is 0 Å². The number of carbonyl (C=O) groups is 2. The standard InChI is InChI=1S/2C21H22F2NO.2C5H5.Ti/c2*1-15-7-9-17(10-8-15)21(25)24(14-16-5-3-2-4-6-16)20-12-11-18(22)13-19(20)23;2*1-2-4-5-3-1;/h2*7-12,16H,2-6,14H2,1H3;2*1-3H,4H2;. The Labute approximate surface area is 361 Å². The van der Waals surface area contributed by atoms with Crippen molar-refractivity contribution in [3.05, 3.63) is 163 Å². The zero-order valence-electron chi connectivity index (χ0n) is 35.2. The molecule has 0 atom stereocenters. The van der Waals surface area contributed by atoms with E-state index in [0.717, 1.165) is 75.3 Å². The van der Waals surface area contributed by atoms with Crippen molar-refractivity contribution < 1.29 is 43.7 Å². The fraction of sp³-hybridized carbons (Fsp3) is 0.346. The second kappa shape index (κ2) is 18.7. The maximum atomic E-state index is 18.4. The van der Waals surface area contributed by atoms with Crippen LogP contribution in [0.1, 0.15) is 109 Å². The Morgan fingerprint density at radius 3 is 1.26 bits per heavy atom. The average Bonchev–Trinajstić information content (AvgIpc) is 4.02. The number of carbonyl (C=O) groups excluding carboxylic acids is 2. The molecule has 0 aromatic heterocycles. The number of halogens is 4. The minimum absolute atomic E-state index is 0.0959. The summed E-state index contributed by atoms with van der Waals surface area (Å²) < 4.78 is 71.8. The summed E-state index contributed by atoms with van der Waals surface area (Å²) in [7, 11) is 0. The summed E-state index contributed by atoms with van der Waals surface area (Å²) in [5.41, 5.74) is 2.45. The van der Waals surface area contributed by atoms with Crippen LogP contribution in [0.5, 0.6) is 0 Å². The van der Waals surface area contributed by atoms with Crippen LogP contribution in [-0.4, -0.2) is 24.9 Å². The van der Waals surface area contributed by atoms with E-state index in [0.29, 0.717) is 18.9 Å². The molecule has 0 unspecified atom stereocenters. The molecule has 9 heteroatoms. The zero-order chi connectivity index (χ0) is 42.7. The molecule has 0 saturated heterocycles. The number of anilines is 2. The van der Waals surface area contributed by atoms with Crippen LogP contribution in [-0.2, 0) is 16.6 Å². The van der Waals surface area contributed by atoms with Gasteiger partial charge in [0.2, 0.25) is 0 Å². The Balaban J connectivity index is 1.36. The molecule has 2 amide bonds. The van der Waals surface area contributed by atoms with Gasteiger partial charge >= 0.3 is 363 Å². The molecular formula is C52H54F4N2O2Ti. The van der Waals surface area contributed by atoms with E-state index in [1.165, 1.54) is 34.1 Å². The van der Waals surface area contributed by atoms with Gasteiger partial charge in [-0.1, -0.05) is 0 Å². The van der Waals surface area contributed by atoms with E-state index in [4.69, 9.17) is 0 Å². The molecule has 4 aromatic rings. The van der Waals surface area contributed by atoms with Crippen molar-refractivity contribution >= 4 is 30.9 Å². The van der Waals surface area contributed by atoms with Gasteiger partial charge in [-0.3, -0.25) is 0 Å². The van der Waals surface area contributed by atoms with E-state index in [9.17, 15) is 9.59 Å².